The van der Waals surface area contributed by atoms with Crippen LogP contribution >= 0.6 is 11.3 Å². The van der Waals surface area contributed by atoms with Crippen molar-refractivity contribution in [3.05, 3.63) is 16.1 Å². The van der Waals surface area contributed by atoms with E-state index in [1.54, 1.807) is 11.3 Å². The summed E-state index contributed by atoms with van der Waals surface area (Å²) in [5, 5.41) is 6.49. The Kier molecular flexibility index (Phi) is 4.91. The molecule has 2 saturated heterocycles. The molecule has 1 amide bonds. The molecule has 3 heterocycles. The molecule has 5 heteroatoms. The SMILES string of the molecule is Cc1nc(CC(=O)N2CCC(C3CCNCC3)CC2)cs1. The average Bonchev–Trinajstić information content (AvgIpc) is 2.93. The second-order valence-electron chi connectivity index (χ2n) is 6.34. The molecule has 2 aliphatic heterocycles. The minimum Gasteiger partial charge on any atom is -0.342 e. The molecule has 3 rings (SSSR count). The largest absolute Gasteiger partial charge is 0.342 e. The number of aromatic nitrogens is 1. The van der Waals surface area contributed by atoms with Crippen LogP contribution in [-0.2, 0) is 11.2 Å². The van der Waals surface area contributed by atoms with Crippen LogP contribution < -0.4 is 5.32 Å². The standard InChI is InChI=1S/C16H25N3OS/c1-12-18-15(11-21-12)10-16(20)19-8-4-14(5-9-19)13-2-6-17-7-3-13/h11,13-14,17H,2-10H2,1H3. The third-order valence-electron chi connectivity index (χ3n) is 4.94. The zero-order chi connectivity index (χ0) is 14.7. The number of hydrogen-bond donors (Lipinski definition) is 1. The van der Waals surface area contributed by atoms with E-state index in [0.29, 0.717) is 6.42 Å². The summed E-state index contributed by atoms with van der Waals surface area (Å²) in [7, 11) is 0. The summed E-state index contributed by atoms with van der Waals surface area (Å²) >= 11 is 1.62. The van der Waals surface area contributed by atoms with E-state index in [1.165, 1.54) is 38.8 Å². The molecule has 0 aliphatic carbocycles. The summed E-state index contributed by atoms with van der Waals surface area (Å²) in [6.45, 7) is 6.22. The molecule has 1 N–H and O–H groups in total. The minimum absolute atomic E-state index is 0.254. The summed E-state index contributed by atoms with van der Waals surface area (Å²) < 4.78 is 0. The molecule has 0 aromatic carbocycles. The molecule has 0 unspecified atom stereocenters. The Morgan fingerprint density at radius 1 is 1.29 bits per heavy atom. The molecule has 0 spiro atoms. The lowest BCUT2D eigenvalue weighted by Gasteiger charge is -2.37. The molecule has 2 fully saturated rings. The Morgan fingerprint density at radius 2 is 1.95 bits per heavy atom. The van der Waals surface area contributed by atoms with Crippen LogP contribution in [0.25, 0.3) is 0 Å². The van der Waals surface area contributed by atoms with Gasteiger partial charge in [0.15, 0.2) is 0 Å². The summed E-state index contributed by atoms with van der Waals surface area (Å²) in [4.78, 5) is 18.8. The van der Waals surface area contributed by atoms with Crippen molar-refractivity contribution in [2.75, 3.05) is 26.2 Å². The van der Waals surface area contributed by atoms with Gasteiger partial charge < -0.3 is 10.2 Å². The molecule has 0 saturated carbocycles. The van der Waals surface area contributed by atoms with Crippen LogP contribution in [0.4, 0.5) is 0 Å². The molecular formula is C16H25N3OS. The van der Waals surface area contributed by atoms with Crippen LogP contribution in [0.2, 0.25) is 0 Å². The molecule has 1 aromatic rings. The molecule has 0 bridgehead atoms. The first-order chi connectivity index (χ1) is 10.2. The zero-order valence-electron chi connectivity index (χ0n) is 12.8. The van der Waals surface area contributed by atoms with Gasteiger partial charge in [0.2, 0.25) is 5.91 Å². The van der Waals surface area contributed by atoms with Crippen LogP contribution in [0.15, 0.2) is 5.38 Å². The fourth-order valence-corrected chi connectivity index (χ4v) is 4.30. The third-order valence-corrected chi connectivity index (χ3v) is 5.76. The van der Waals surface area contributed by atoms with Gasteiger partial charge in [-0.2, -0.15) is 0 Å². The molecule has 0 radical (unpaired) electrons. The van der Waals surface area contributed by atoms with Crippen molar-refractivity contribution >= 4 is 17.2 Å². The Balaban J connectivity index is 1.47. The molecule has 116 valence electrons. The van der Waals surface area contributed by atoms with Crippen molar-refractivity contribution in [1.82, 2.24) is 15.2 Å². The number of carbonyl (C=O) groups is 1. The maximum absolute atomic E-state index is 12.3. The number of rotatable bonds is 3. The van der Waals surface area contributed by atoms with Crippen molar-refractivity contribution in [1.29, 1.82) is 0 Å². The van der Waals surface area contributed by atoms with Gasteiger partial charge in [0.05, 0.1) is 17.1 Å². The maximum atomic E-state index is 12.3. The van der Waals surface area contributed by atoms with Gasteiger partial charge in [0.25, 0.3) is 0 Å². The Bertz CT molecular complexity index is 474. The van der Waals surface area contributed by atoms with Crippen molar-refractivity contribution in [3.8, 4) is 0 Å². The van der Waals surface area contributed by atoms with Gasteiger partial charge in [-0.3, -0.25) is 4.79 Å². The van der Waals surface area contributed by atoms with Crippen LogP contribution in [0.5, 0.6) is 0 Å². The van der Waals surface area contributed by atoms with Crippen molar-refractivity contribution < 1.29 is 4.79 Å². The molecule has 21 heavy (non-hydrogen) atoms. The number of aryl methyl sites for hydroxylation is 1. The Labute approximate surface area is 130 Å². The number of nitrogens with one attached hydrogen (secondary N) is 1. The normalized spacial score (nSPS) is 21.7. The maximum Gasteiger partial charge on any atom is 0.228 e. The van der Waals surface area contributed by atoms with E-state index in [1.807, 2.05) is 17.2 Å². The Morgan fingerprint density at radius 3 is 2.57 bits per heavy atom. The van der Waals surface area contributed by atoms with Crippen LogP contribution in [0.3, 0.4) is 0 Å². The predicted octanol–water partition coefficient (Wildman–Crippen LogP) is 2.23. The van der Waals surface area contributed by atoms with Crippen LogP contribution in [0.1, 0.15) is 36.4 Å². The fourth-order valence-electron chi connectivity index (χ4n) is 3.69. The van der Waals surface area contributed by atoms with E-state index in [2.05, 4.69) is 10.3 Å². The highest BCUT2D eigenvalue weighted by atomic mass is 32.1. The number of piperidine rings is 2. The van der Waals surface area contributed by atoms with Gasteiger partial charge in [-0.05, 0) is 57.5 Å². The van der Waals surface area contributed by atoms with E-state index in [4.69, 9.17) is 0 Å². The lowest BCUT2D eigenvalue weighted by Crippen LogP contribution is -2.42. The highest BCUT2D eigenvalue weighted by molar-refractivity contribution is 7.09. The summed E-state index contributed by atoms with van der Waals surface area (Å²) in [5.41, 5.74) is 0.933. The van der Waals surface area contributed by atoms with Crippen molar-refractivity contribution in [2.45, 2.75) is 39.0 Å². The highest BCUT2D eigenvalue weighted by Gasteiger charge is 2.29. The molecule has 0 atom stereocenters. The first kappa shape index (κ1) is 15.0. The molecular weight excluding hydrogens is 282 g/mol. The smallest absolute Gasteiger partial charge is 0.228 e. The monoisotopic (exact) mass is 307 g/mol. The van der Waals surface area contributed by atoms with Gasteiger partial charge in [0.1, 0.15) is 0 Å². The Hall–Kier alpha value is -0.940. The minimum atomic E-state index is 0.254. The quantitative estimate of drug-likeness (QED) is 0.931. The van der Waals surface area contributed by atoms with Gasteiger partial charge in [0, 0.05) is 18.5 Å². The lowest BCUT2D eigenvalue weighted by atomic mass is 9.79. The number of thiazole rings is 1. The zero-order valence-corrected chi connectivity index (χ0v) is 13.6. The van der Waals surface area contributed by atoms with Crippen molar-refractivity contribution in [2.24, 2.45) is 11.8 Å². The summed E-state index contributed by atoms with van der Waals surface area (Å²) in [6.07, 6.45) is 5.48. The van der Waals surface area contributed by atoms with Gasteiger partial charge in [-0.25, -0.2) is 4.98 Å². The lowest BCUT2D eigenvalue weighted by molar-refractivity contribution is -0.132. The van der Waals surface area contributed by atoms with E-state index < -0.39 is 0 Å². The number of hydrogen-bond acceptors (Lipinski definition) is 4. The second kappa shape index (κ2) is 6.88. The topological polar surface area (TPSA) is 45.2 Å². The number of nitrogens with zero attached hydrogens (tertiary/aromatic N) is 2. The number of carbonyl (C=O) groups excluding carboxylic acids is 1. The molecule has 2 aliphatic rings. The molecule has 1 aromatic heterocycles. The summed E-state index contributed by atoms with van der Waals surface area (Å²) in [5.74, 6) is 1.96. The number of amides is 1. The van der Waals surface area contributed by atoms with E-state index in [0.717, 1.165) is 35.6 Å². The average molecular weight is 307 g/mol. The number of likely N-dealkylation sites (tertiary alicyclic amines) is 1. The summed E-state index contributed by atoms with van der Waals surface area (Å²) in [6, 6.07) is 0. The van der Waals surface area contributed by atoms with Gasteiger partial charge in [-0.15, -0.1) is 11.3 Å². The van der Waals surface area contributed by atoms with E-state index in [9.17, 15) is 4.79 Å². The first-order valence-corrected chi connectivity index (χ1v) is 9.00. The first-order valence-electron chi connectivity index (χ1n) is 8.12. The van der Waals surface area contributed by atoms with Crippen LogP contribution in [0, 0.1) is 18.8 Å². The van der Waals surface area contributed by atoms with E-state index >= 15 is 0 Å². The second-order valence-corrected chi connectivity index (χ2v) is 7.40. The van der Waals surface area contributed by atoms with E-state index in [-0.39, 0.29) is 5.91 Å². The molecule has 4 nitrogen and oxygen atoms in total. The van der Waals surface area contributed by atoms with Crippen LogP contribution in [-0.4, -0.2) is 42.0 Å². The predicted molar refractivity (Wildman–Crippen MR) is 85.5 cm³/mol. The van der Waals surface area contributed by atoms with Crippen molar-refractivity contribution in [3.63, 3.8) is 0 Å². The third kappa shape index (κ3) is 3.83. The highest BCUT2D eigenvalue weighted by Crippen LogP contribution is 2.30. The fraction of sp³-hybridized carbons (Fsp3) is 0.750. The van der Waals surface area contributed by atoms with Gasteiger partial charge >= 0.3 is 0 Å². The van der Waals surface area contributed by atoms with Gasteiger partial charge in [-0.1, -0.05) is 0 Å².